The van der Waals surface area contributed by atoms with Gasteiger partial charge in [0.25, 0.3) is 0 Å². The minimum absolute atomic E-state index is 0.467. The van der Waals surface area contributed by atoms with Gasteiger partial charge < -0.3 is 15.0 Å². The molecule has 0 saturated carbocycles. The Kier molecular flexibility index (Phi) is 5.02. The number of hydrogen-bond donors (Lipinski definition) is 1. The van der Waals surface area contributed by atoms with Crippen LogP contribution in [0.5, 0.6) is 5.75 Å². The van der Waals surface area contributed by atoms with Gasteiger partial charge in [-0.15, -0.1) is 11.3 Å². The van der Waals surface area contributed by atoms with Gasteiger partial charge in [-0.25, -0.2) is 14.6 Å². The third kappa shape index (κ3) is 3.64. The number of pyridine rings is 1. The number of imidazole rings is 1. The SMILES string of the molecule is Cn1c(CCCOc2ccc3c(c2)CCCC3)nc2c(N)nc3cc(-n4cccn4)sc3c21. The van der Waals surface area contributed by atoms with Crippen molar-refractivity contribution in [3.05, 3.63) is 59.7 Å². The summed E-state index contributed by atoms with van der Waals surface area (Å²) in [5.41, 5.74) is 11.9. The monoisotopic (exact) mass is 458 g/mol. The molecule has 1 aromatic carbocycles. The van der Waals surface area contributed by atoms with Crippen molar-refractivity contribution >= 4 is 38.4 Å². The molecule has 5 aromatic rings. The van der Waals surface area contributed by atoms with Gasteiger partial charge in [0.2, 0.25) is 0 Å². The van der Waals surface area contributed by atoms with E-state index in [0.29, 0.717) is 12.4 Å². The van der Waals surface area contributed by atoms with Crippen molar-refractivity contribution in [2.45, 2.75) is 38.5 Å². The number of thiophene rings is 1. The molecule has 168 valence electrons. The van der Waals surface area contributed by atoms with Gasteiger partial charge in [0, 0.05) is 31.9 Å². The Balaban J connectivity index is 1.21. The number of anilines is 1. The van der Waals surface area contributed by atoms with Gasteiger partial charge >= 0.3 is 0 Å². The number of nitrogen functional groups attached to an aromatic ring is 1. The minimum Gasteiger partial charge on any atom is -0.494 e. The number of nitrogens with zero attached hydrogens (tertiary/aromatic N) is 5. The van der Waals surface area contributed by atoms with Crippen LogP contribution in [0, 0.1) is 0 Å². The van der Waals surface area contributed by atoms with Crippen molar-refractivity contribution in [2.24, 2.45) is 7.05 Å². The molecule has 0 unspecified atom stereocenters. The van der Waals surface area contributed by atoms with Crippen LogP contribution in [0.15, 0.2) is 42.7 Å². The summed E-state index contributed by atoms with van der Waals surface area (Å²) in [7, 11) is 2.06. The van der Waals surface area contributed by atoms with E-state index in [4.69, 9.17) is 15.5 Å². The van der Waals surface area contributed by atoms with Crippen LogP contribution >= 0.6 is 11.3 Å². The molecule has 1 aliphatic carbocycles. The van der Waals surface area contributed by atoms with Crippen molar-refractivity contribution in [1.82, 2.24) is 24.3 Å². The van der Waals surface area contributed by atoms with E-state index in [1.165, 1.54) is 36.8 Å². The molecular weight excluding hydrogens is 432 g/mol. The predicted octanol–water partition coefficient (Wildman–Crippen LogP) is 4.84. The quantitative estimate of drug-likeness (QED) is 0.368. The molecule has 6 rings (SSSR count). The molecule has 0 aliphatic heterocycles. The number of aromatic nitrogens is 5. The number of hydrogen-bond acceptors (Lipinski definition) is 6. The van der Waals surface area contributed by atoms with Crippen molar-refractivity contribution in [1.29, 1.82) is 0 Å². The summed E-state index contributed by atoms with van der Waals surface area (Å²) in [6.07, 6.45) is 10.3. The largest absolute Gasteiger partial charge is 0.494 e. The molecule has 0 saturated heterocycles. The van der Waals surface area contributed by atoms with Gasteiger partial charge in [-0.2, -0.15) is 5.10 Å². The zero-order valence-corrected chi connectivity index (χ0v) is 19.4. The van der Waals surface area contributed by atoms with E-state index in [-0.39, 0.29) is 0 Å². The maximum Gasteiger partial charge on any atom is 0.152 e. The van der Waals surface area contributed by atoms with Gasteiger partial charge in [0.15, 0.2) is 5.82 Å². The first-order valence-corrected chi connectivity index (χ1v) is 12.3. The molecule has 7 nitrogen and oxygen atoms in total. The normalized spacial score (nSPS) is 13.6. The topological polar surface area (TPSA) is 83.8 Å². The number of rotatable bonds is 6. The van der Waals surface area contributed by atoms with Crippen LogP contribution in [0.4, 0.5) is 5.82 Å². The number of fused-ring (bicyclic) bond motifs is 4. The Morgan fingerprint density at radius 3 is 2.85 bits per heavy atom. The fraction of sp³-hybridized carbons (Fsp3) is 0.320. The lowest BCUT2D eigenvalue weighted by Gasteiger charge is -2.16. The molecule has 0 radical (unpaired) electrons. The highest BCUT2D eigenvalue weighted by Gasteiger charge is 2.18. The second-order valence-corrected chi connectivity index (χ2v) is 9.65. The fourth-order valence-corrected chi connectivity index (χ4v) is 5.86. The van der Waals surface area contributed by atoms with E-state index < -0.39 is 0 Å². The molecule has 0 fully saturated rings. The molecule has 0 amide bonds. The van der Waals surface area contributed by atoms with Gasteiger partial charge in [-0.05, 0) is 61.4 Å². The molecule has 33 heavy (non-hydrogen) atoms. The van der Waals surface area contributed by atoms with E-state index in [2.05, 4.69) is 39.9 Å². The third-order valence-electron chi connectivity index (χ3n) is 6.45. The number of benzene rings is 1. The Morgan fingerprint density at radius 1 is 1.12 bits per heavy atom. The Morgan fingerprint density at radius 2 is 2.00 bits per heavy atom. The summed E-state index contributed by atoms with van der Waals surface area (Å²) in [5, 5.41) is 5.35. The van der Waals surface area contributed by atoms with Crippen molar-refractivity contribution < 1.29 is 4.74 Å². The Labute approximate surface area is 195 Å². The van der Waals surface area contributed by atoms with E-state index in [9.17, 15) is 0 Å². The highest BCUT2D eigenvalue weighted by atomic mass is 32.1. The maximum absolute atomic E-state index is 6.29. The summed E-state index contributed by atoms with van der Waals surface area (Å²) in [5.74, 6) is 2.43. The van der Waals surface area contributed by atoms with Crippen LogP contribution in [0.1, 0.15) is 36.2 Å². The standard InChI is InChI=1S/C25H26N6OS/c1-30-20(8-4-13-32-18-10-9-16-6-2-3-7-17(16)14-18)29-22-23(30)24-19(28-25(22)26)15-21(33-24)31-12-5-11-27-31/h5,9-12,14-15H,2-4,6-8,13H2,1H3,(H2,26,28). The molecule has 8 heteroatoms. The molecule has 4 aromatic heterocycles. The van der Waals surface area contributed by atoms with Gasteiger partial charge in [-0.1, -0.05) is 6.07 Å². The highest BCUT2D eigenvalue weighted by Crippen LogP contribution is 2.35. The van der Waals surface area contributed by atoms with E-state index >= 15 is 0 Å². The zero-order chi connectivity index (χ0) is 22.4. The average Bonchev–Trinajstić information content (AvgIpc) is 3.56. The van der Waals surface area contributed by atoms with E-state index in [1.807, 2.05) is 23.0 Å². The average molecular weight is 459 g/mol. The number of ether oxygens (including phenoxy) is 1. The van der Waals surface area contributed by atoms with Crippen molar-refractivity contribution in [3.8, 4) is 10.8 Å². The summed E-state index contributed by atoms with van der Waals surface area (Å²) >= 11 is 1.65. The third-order valence-corrected chi connectivity index (χ3v) is 7.57. The van der Waals surface area contributed by atoms with Crippen LogP contribution in [0.25, 0.3) is 26.3 Å². The molecular formula is C25H26N6OS. The van der Waals surface area contributed by atoms with Crippen molar-refractivity contribution in [2.75, 3.05) is 12.3 Å². The first kappa shape index (κ1) is 20.2. The second-order valence-electron chi connectivity index (χ2n) is 8.62. The smallest absolute Gasteiger partial charge is 0.152 e. The summed E-state index contributed by atoms with van der Waals surface area (Å²) in [6, 6.07) is 10.5. The minimum atomic E-state index is 0.467. The van der Waals surface area contributed by atoms with Gasteiger partial charge in [-0.3, -0.25) is 0 Å². The maximum atomic E-state index is 6.29. The summed E-state index contributed by atoms with van der Waals surface area (Å²) in [6.45, 7) is 0.660. The zero-order valence-electron chi connectivity index (χ0n) is 18.6. The van der Waals surface area contributed by atoms with Gasteiger partial charge in [0.1, 0.15) is 22.1 Å². The van der Waals surface area contributed by atoms with Crippen LogP contribution in [0.2, 0.25) is 0 Å². The van der Waals surface area contributed by atoms with Crippen molar-refractivity contribution in [3.63, 3.8) is 0 Å². The Bertz CT molecular complexity index is 1450. The Hall–Kier alpha value is -3.39. The lowest BCUT2D eigenvalue weighted by Crippen LogP contribution is -2.05. The summed E-state index contributed by atoms with van der Waals surface area (Å²) < 4.78 is 11.1. The summed E-state index contributed by atoms with van der Waals surface area (Å²) in [4.78, 5) is 9.45. The second kappa shape index (κ2) is 8.19. The molecule has 2 N–H and O–H groups in total. The first-order valence-electron chi connectivity index (χ1n) is 11.5. The first-order chi connectivity index (χ1) is 16.2. The molecule has 0 spiro atoms. The fourth-order valence-electron chi connectivity index (χ4n) is 4.74. The predicted molar refractivity (Wildman–Crippen MR) is 132 cm³/mol. The number of nitrogens with two attached hydrogens (primary N) is 1. The molecule has 1 aliphatic rings. The lowest BCUT2D eigenvalue weighted by molar-refractivity contribution is 0.309. The number of aryl methyl sites for hydroxylation is 4. The van der Waals surface area contributed by atoms with Crippen LogP contribution in [0.3, 0.4) is 0 Å². The highest BCUT2D eigenvalue weighted by molar-refractivity contribution is 7.22. The molecule has 0 bridgehead atoms. The van der Waals surface area contributed by atoms with E-state index in [1.54, 1.807) is 17.5 Å². The van der Waals surface area contributed by atoms with Crippen LogP contribution in [-0.4, -0.2) is 30.9 Å². The van der Waals surface area contributed by atoms with Crippen LogP contribution < -0.4 is 10.5 Å². The van der Waals surface area contributed by atoms with Gasteiger partial charge in [0.05, 0.1) is 22.3 Å². The van der Waals surface area contributed by atoms with Crippen LogP contribution in [-0.2, 0) is 26.3 Å². The van der Waals surface area contributed by atoms with E-state index in [0.717, 1.165) is 50.7 Å². The lowest BCUT2D eigenvalue weighted by atomic mass is 9.92. The molecule has 4 heterocycles. The molecule has 0 atom stereocenters.